The average Bonchev–Trinajstić information content (AvgIpc) is 2.39. The molecule has 4 heteroatoms. The summed E-state index contributed by atoms with van der Waals surface area (Å²) in [6.07, 6.45) is 2.77. The summed E-state index contributed by atoms with van der Waals surface area (Å²) in [6, 6.07) is 3.61. The first kappa shape index (κ1) is 9.83. The molecule has 0 aliphatic heterocycles. The molecular formula is C11H11NO3. The molecule has 1 heterocycles. The lowest BCUT2D eigenvalue weighted by molar-refractivity contribution is -0.141. The number of rotatable bonds is 1. The third kappa shape index (κ3) is 1.88. The largest absolute Gasteiger partial charge is 0.481 e. The number of carboxylic acid groups (broad SMARTS) is 1. The number of fused-ring (bicyclic) bond motifs is 1. The minimum atomic E-state index is -0.892. The maximum absolute atomic E-state index is 11.7. The van der Waals surface area contributed by atoms with Crippen molar-refractivity contribution in [2.45, 2.75) is 19.3 Å². The summed E-state index contributed by atoms with van der Waals surface area (Å²) in [5.41, 5.74) is 1.31. The molecule has 0 aromatic carbocycles. The van der Waals surface area contributed by atoms with Crippen molar-refractivity contribution >= 4 is 11.8 Å². The number of pyridine rings is 1. The van der Waals surface area contributed by atoms with Crippen LogP contribution in [0.15, 0.2) is 18.3 Å². The van der Waals surface area contributed by atoms with Crippen LogP contribution in [0.3, 0.4) is 0 Å². The Hall–Kier alpha value is -1.71. The quantitative estimate of drug-likeness (QED) is 0.702. The van der Waals surface area contributed by atoms with E-state index in [9.17, 15) is 9.59 Å². The Morgan fingerprint density at radius 2 is 2.33 bits per heavy atom. The van der Waals surface area contributed by atoms with Crippen LogP contribution in [0.1, 0.15) is 28.9 Å². The van der Waals surface area contributed by atoms with Crippen molar-refractivity contribution in [2.75, 3.05) is 0 Å². The Labute approximate surface area is 87.0 Å². The van der Waals surface area contributed by atoms with Gasteiger partial charge in [-0.3, -0.25) is 14.6 Å². The highest BCUT2D eigenvalue weighted by molar-refractivity contribution is 5.98. The number of Topliss-reactive ketones (excluding diaryl/α,β-unsaturated/α-hetero) is 1. The number of carboxylic acids is 1. The third-order valence-electron chi connectivity index (χ3n) is 2.70. The molecule has 0 bridgehead atoms. The van der Waals surface area contributed by atoms with Gasteiger partial charge in [0.1, 0.15) is 5.69 Å². The van der Waals surface area contributed by atoms with Crippen LogP contribution in [0.25, 0.3) is 0 Å². The van der Waals surface area contributed by atoms with Gasteiger partial charge in [0, 0.05) is 12.6 Å². The van der Waals surface area contributed by atoms with Gasteiger partial charge in [0.05, 0.1) is 5.92 Å². The van der Waals surface area contributed by atoms with Crippen LogP contribution in [-0.4, -0.2) is 21.8 Å². The SMILES string of the molecule is O=C1CC(C(=O)O)CCc2cccnc21. The van der Waals surface area contributed by atoms with Crippen LogP contribution >= 0.6 is 0 Å². The smallest absolute Gasteiger partial charge is 0.306 e. The fourth-order valence-corrected chi connectivity index (χ4v) is 1.85. The Morgan fingerprint density at radius 1 is 1.53 bits per heavy atom. The van der Waals surface area contributed by atoms with E-state index < -0.39 is 11.9 Å². The van der Waals surface area contributed by atoms with Gasteiger partial charge < -0.3 is 5.11 Å². The van der Waals surface area contributed by atoms with Crippen LogP contribution in [0.2, 0.25) is 0 Å². The van der Waals surface area contributed by atoms with Crippen molar-refractivity contribution in [3.63, 3.8) is 0 Å². The van der Waals surface area contributed by atoms with Gasteiger partial charge in [-0.2, -0.15) is 0 Å². The van der Waals surface area contributed by atoms with Crippen LogP contribution in [0, 0.1) is 5.92 Å². The van der Waals surface area contributed by atoms with Crippen LogP contribution < -0.4 is 0 Å². The van der Waals surface area contributed by atoms with Crippen molar-refractivity contribution in [3.05, 3.63) is 29.6 Å². The molecule has 1 aliphatic carbocycles. The van der Waals surface area contributed by atoms with Gasteiger partial charge in [-0.1, -0.05) is 6.07 Å². The zero-order valence-electron chi connectivity index (χ0n) is 8.14. The molecule has 0 saturated heterocycles. The molecule has 0 spiro atoms. The van der Waals surface area contributed by atoms with Crippen LogP contribution in [0.4, 0.5) is 0 Å². The monoisotopic (exact) mass is 205 g/mol. The number of aryl methyl sites for hydroxylation is 1. The summed E-state index contributed by atoms with van der Waals surface area (Å²) < 4.78 is 0. The van der Waals surface area contributed by atoms with Crippen LogP contribution in [0.5, 0.6) is 0 Å². The first-order valence-electron chi connectivity index (χ1n) is 4.88. The highest BCUT2D eigenvalue weighted by atomic mass is 16.4. The summed E-state index contributed by atoms with van der Waals surface area (Å²) in [6.45, 7) is 0. The lowest BCUT2D eigenvalue weighted by atomic mass is 10.00. The Kier molecular flexibility index (Phi) is 2.49. The molecule has 0 radical (unpaired) electrons. The number of ketones is 1. The first-order valence-corrected chi connectivity index (χ1v) is 4.88. The zero-order chi connectivity index (χ0) is 10.8. The molecule has 1 atom stereocenters. The molecule has 15 heavy (non-hydrogen) atoms. The second kappa shape index (κ2) is 3.81. The summed E-state index contributed by atoms with van der Waals surface area (Å²) in [4.78, 5) is 26.5. The second-order valence-corrected chi connectivity index (χ2v) is 3.71. The molecule has 4 nitrogen and oxygen atoms in total. The van der Waals surface area contributed by atoms with Gasteiger partial charge in [0.15, 0.2) is 5.78 Å². The molecular weight excluding hydrogens is 194 g/mol. The van der Waals surface area contributed by atoms with E-state index in [1.807, 2.05) is 6.07 Å². The minimum absolute atomic E-state index is 0.0688. The average molecular weight is 205 g/mol. The number of aromatic nitrogens is 1. The van der Waals surface area contributed by atoms with Gasteiger partial charge in [0.2, 0.25) is 0 Å². The number of hydrogen-bond acceptors (Lipinski definition) is 3. The van der Waals surface area contributed by atoms with E-state index in [4.69, 9.17) is 5.11 Å². The highest BCUT2D eigenvalue weighted by Crippen LogP contribution is 2.23. The van der Waals surface area contributed by atoms with E-state index in [1.54, 1.807) is 12.3 Å². The Bertz CT molecular complexity index is 414. The van der Waals surface area contributed by atoms with Gasteiger partial charge in [0.25, 0.3) is 0 Å². The van der Waals surface area contributed by atoms with E-state index in [0.29, 0.717) is 18.5 Å². The molecule has 1 aromatic heterocycles. The number of hydrogen-bond donors (Lipinski definition) is 1. The first-order chi connectivity index (χ1) is 7.18. The standard InChI is InChI=1S/C11H11NO3/c13-9-6-8(11(14)15)4-3-7-2-1-5-12-10(7)9/h1-2,5,8H,3-4,6H2,(H,14,15). The molecule has 1 aliphatic rings. The van der Waals surface area contributed by atoms with Gasteiger partial charge in [-0.05, 0) is 24.5 Å². The van der Waals surface area contributed by atoms with Crippen molar-refractivity contribution in [1.29, 1.82) is 0 Å². The third-order valence-corrected chi connectivity index (χ3v) is 2.70. The Morgan fingerprint density at radius 3 is 3.07 bits per heavy atom. The normalized spacial score (nSPS) is 20.5. The van der Waals surface area contributed by atoms with Gasteiger partial charge in [-0.25, -0.2) is 0 Å². The number of carbonyl (C=O) groups is 2. The van der Waals surface area contributed by atoms with E-state index in [0.717, 1.165) is 5.56 Å². The van der Waals surface area contributed by atoms with Crippen molar-refractivity contribution in [2.24, 2.45) is 5.92 Å². The number of aliphatic carboxylic acids is 1. The Balaban J connectivity index is 2.32. The fraction of sp³-hybridized carbons (Fsp3) is 0.364. The molecule has 78 valence electrons. The predicted octanol–water partition coefficient (Wildman–Crippen LogP) is 1.30. The molecule has 1 unspecified atom stereocenters. The molecule has 0 fully saturated rings. The molecule has 0 amide bonds. The summed E-state index contributed by atoms with van der Waals surface area (Å²) in [5, 5.41) is 8.89. The zero-order valence-corrected chi connectivity index (χ0v) is 8.14. The lowest BCUT2D eigenvalue weighted by Crippen LogP contribution is -2.16. The van der Waals surface area contributed by atoms with Crippen LogP contribution in [-0.2, 0) is 11.2 Å². The van der Waals surface area contributed by atoms with E-state index in [2.05, 4.69) is 4.98 Å². The highest BCUT2D eigenvalue weighted by Gasteiger charge is 2.27. The molecule has 1 aromatic rings. The summed E-state index contributed by atoms with van der Waals surface area (Å²) >= 11 is 0. The maximum Gasteiger partial charge on any atom is 0.306 e. The number of nitrogens with zero attached hydrogens (tertiary/aromatic N) is 1. The lowest BCUT2D eigenvalue weighted by Gasteiger charge is -2.05. The summed E-state index contributed by atoms with van der Waals surface area (Å²) in [5.74, 6) is -1.61. The van der Waals surface area contributed by atoms with E-state index in [1.165, 1.54) is 0 Å². The van der Waals surface area contributed by atoms with E-state index >= 15 is 0 Å². The van der Waals surface area contributed by atoms with Crippen molar-refractivity contribution in [1.82, 2.24) is 4.98 Å². The second-order valence-electron chi connectivity index (χ2n) is 3.71. The molecule has 2 rings (SSSR count). The maximum atomic E-state index is 11.7. The fourth-order valence-electron chi connectivity index (χ4n) is 1.85. The molecule has 1 N–H and O–H groups in total. The molecule has 0 saturated carbocycles. The van der Waals surface area contributed by atoms with Gasteiger partial charge in [-0.15, -0.1) is 0 Å². The van der Waals surface area contributed by atoms with Crippen molar-refractivity contribution in [3.8, 4) is 0 Å². The minimum Gasteiger partial charge on any atom is -0.481 e. The predicted molar refractivity (Wildman–Crippen MR) is 52.6 cm³/mol. The number of carbonyl (C=O) groups excluding carboxylic acids is 1. The van der Waals surface area contributed by atoms with E-state index in [-0.39, 0.29) is 12.2 Å². The topological polar surface area (TPSA) is 67.3 Å². The van der Waals surface area contributed by atoms with Crippen molar-refractivity contribution < 1.29 is 14.7 Å². The van der Waals surface area contributed by atoms with Gasteiger partial charge >= 0.3 is 5.97 Å². The summed E-state index contributed by atoms with van der Waals surface area (Å²) in [7, 11) is 0.